The molecule has 0 aliphatic rings. The van der Waals surface area contributed by atoms with Crippen LogP contribution in [0.25, 0.3) is 0 Å². The van der Waals surface area contributed by atoms with Gasteiger partial charge in [0.15, 0.2) is 0 Å². The molecule has 0 saturated heterocycles. The number of aliphatic hydroxyl groups is 1. The molecule has 43 heavy (non-hydrogen) atoms. The minimum atomic E-state index is -0.622. The number of carbonyl (C=O) groups is 1. The number of hydrogen-bond acceptors (Lipinski definition) is 4. The highest BCUT2D eigenvalue weighted by Gasteiger charge is 2.11. The highest BCUT2D eigenvalue weighted by Crippen LogP contribution is 2.13. The van der Waals surface area contributed by atoms with Crippen LogP contribution in [0, 0.1) is 0 Å². The van der Waals surface area contributed by atoms with Gasteiger partial charge in [-0.05, 0) is 19.3 Å². The van der Waals surface area contributed by atoms with Gasteiger partial charge in [-0.15, -0.1) is 0 Å². The zero-order chi connectivity index (χ0) is 31.3. The van der Waals surface area contributed by atoms with Crippen LogP contribution in [0.4, 0.5) is 0 Å². The molecule has 0 heterocycles. The summed E-state index contributed by atoms with van der Waals surface area (Å²) in [6.07, 6.45) is 46.3. The number of carbonyl (C=O) groups excluding carboxylic acids is 1. The molecule has 250 valence electrons. The van der Waals surface area contributed by atoms with Crippen molar-refractivity contribution in [3.63, 3.8) is 0 Å². The van der Waals surface area contributed by atoms with Gasteiger partial charge in [-0.2, -0.15) is 0 Å². The van der Waals surface area contributed by atoms with E-state index >= 15 is 0 Å². The van der Waals surface area contributed by atoms with Gasteiger partial charge in [0.25, 0.3) is 0 Å². The first-order chi connectivity index (χ1) is 21.2. The van der Waals surface area contributed by atoms with Crippen molar-refractivity contribution in [3.8, 4) is 0 Å². The van der Waals surface area contributed by atoms with Crippen LogP contribution in [0.3, 0.4) is 0 Å². The van der Waals surface area contributed by atoms with E-state index in [4.69, 9.17) is 9.47 Å². The van der Waals surface area contributed by atoms with Crippen molar-refractivity contribution in [2.45, 2.75) is 174 Å². The van der Waals surface area contributed by atoms with Crippen LogP contribution in [0.1, 0.15) is 168 Å². The SMILES string of the molecule is CCCCCCCCCCC\C=C/C=C\C=C/C=C/C(=O)O[C@@H](CO)COCCCCCCCCCCCCCCCC. The topological polar surface area (TPSA) is 55.8 Å². The van der Waals surface area contributed by atoms with Crippen LogP contribution in [0.5, 0.6) is 0 Å². The maximum absolute atomic E-state index is 12.0. The number of ether oxygens (including phenoxy) is 2. The molecule has 0 amide bonds. The summed E-state index contributed by atoms with van der Waals surface area (Å²) in [4.78, 5) is 12.0. The van der Waals surface area contributed by atoms with Gasteiger partial charge >= 0.3 is 5.97 Å². The fraction of sp³-hybridized carbons (Fsp3) is 0.769. The molecular formula is C39H70O4. The van der Waals surface area contributed by atoms with E-state index < -0.39 is 12.1 Å². The van der Waals surface area contributed by atoms with E-state index in [1.165, 1.54) is 147 Å². The Morgan fingerprint density at radius 1 is 0.558 bits per heavy atom. The van der Waals surface area contributed by atoms with Crippen LogP contribution in [-0.4, -0.2) is 37.0 Å². The molecule has 1 N–H and O–H groups in total. The molecule has 0 saturated carbocycles. The Kier molecular flexibility index (Phi) is 35.1. The molecule has 0 unspecified atom stereocenters. The molecule has 0 aliphatic carbocycles. The maximum atomic E-state index is 12.0. The third-order valence-electron chi connectivity index (χ3n) is 7.83. The van der Waals surface area contributed by atoms with E-state index in [-0.39, 0.29) is 13.2 Å². The Labute approximate surface area is 267 Å². The van der Waals surface area contributed by atoms with Gasteiger partial charge in [0.05, 0.1) is 13.2 Å². The highest BCUT2D eigenvalue weighted by atomic mass is 16.6. The predicted octanol–water partition coefficient (Wildman–Crippen LogP) is 11.5. The lowest BCUT2D eigenvalue weighted by molar-refractivity contribution is -0.148. The highest BCUT2D eigenvalue weighted by molar-refractivity contribution is 5.82. The molecule has 0 aromatic rings. The predicted molar refractivity (Wildman–Crippen MR) is 187 cm³/mol. The Balaban J connectivity index is 3.63. The Morgan fingerprint density at radius 3 is 1.47 bits per heavy atom. The fourth-order valence-electron chi connectivity index (χ4n) is 5.08. The van der Waals surface area contributed by atoms with E-state index in [9.17, 15) is 9.90 Å². The smallest absolute Gasteiger partial charge is 0.331 e. The Hall–Kier alpha value is -1.65. The molecule has 0 fully saturated rings. The number of aliphatic hydroxyl groups excluding tert-OH is 1. The van der Waals surface area contributed by atoms with Crippen molar-refractivity contribution in [1.82, 2.24) is 0 Å². The van der Waals surface area contributed by atoms with Gasteiger partial charge in [-0.1, -0.05) is 191 Å². The van der Waals surface area contributed by atoms with Gasteiger partial charge in [0.1, 0.15) is 6.10 Å². The second kappa shape index (κ2) is 36.5. The van der Waals surface area contributed by atoms with Gasteiger partial charge < -0.3 is 14.6 Å². The molecule has 0 bridgehead atoms. The van der Waals surface area contributed by atoms with Crippen molar-refractivity contribution < 1.29 is 19.4 Å². The van der Waals surface area contributed by atoms with Crippen molar-refractivity contribution in [2.24, 2.45) is 0 Å². The van der Waals surface area contributed by atoms with Gasteiger partial charge in [-0.3, -0.25) is 0 Å². The Morgan fingerprint density at radius 2 is 0.977 bits per heavy atom. The monoisotopic (exact) mass is 603 g/mol. The minimum Gasteiger partial charge on any atom is -0.454 e. The lowest BCUT2D eigenvalue weighted by Gasteiger charge is -2.14. The first kappa shape index (κ1) is 41.4. The average Bonchev–Trinajstić information content (AvgIpc) is 3.01. The van der Waals surface area contributed by atoms with E-state index in [0.717, 1.165) is 12.8 Å². The molecule has 0 rings (SSSR count). The van der Waals surface area contributed by atoms with Crippen LogP contribution < -0.4 is 0 Å². The number of rotatable bonds is 33. The largest absolute Gasteiger partial charge is 0.454 e. The lowest BCUT2D eigenvalue weighted by atomic mass is 10.0. The first-order valence-electron chi connectivity index (χ1n) is 18.3. The standard InChI is InChI=1S/C39H70O4/c1-3-5-7-9-11-13-15-17-19-20-21-22-24-26-28-30-32-34-39(41)43-38(36-40)37-42-35-33-31-29-27-25-23-18-16-14-12-10-8-6-4-2/h21-22,24,26,28,30,32,34,38,40H,3-20,23,25,27,29,31,33,35-37H2,1-2H3/b22-21-,26-24-,30-28-,34-32+/t38-/m0/s1. The summed E-state index contributed by atoms with van der Waals surface area (Å²) in [7, 11) is 0. The van der Waals surface area contributed by atoms with Crippen LogP contribution in [-0.2, 0) is 14.3 Å². The zero-order valence-electron chi connectivity index (χ0n) is 28.5. The van der Waals surface area contributed by atoms with Gasteiger partial charge in [0.2, 0.25) is 0 Å². The maximum Gasteiger partial charge on any atom is 0.331 e. The second-order valence-electron chi connectivity index (χ2n) is 12.1. The number of esters is 1. The van der Waals surface area contributed by atoms with Crippen molar-refractivity contribution in [2.75, 3.05) is 19.8 Å². The number of hydrogen-bond donors (Lipinski definition) is 1. The molecule has 4 nitrogen and oxygen atoms in total. The summed E-state index contributed by atoms with van der Waals surface area (Å²) >= 11 is 0. The van der Waals surface area contributed by atoms with Gasteiger partial charge in [0, 0.05) is 12.7 Å². The summed E-state index contributed by atoms with van der Waals surface area (Å²) in [6, 6.07) is 0. The average molecular weight is 603 g/mol. The van der Waals surface area contributed by atoms with E-state index in [2.05, 4.69) is 26.0 Å². The molecule has 0 aromatic carbocycles. The summed E-state index contributed by atoms with van der Waals surface area (Å²) < 4.78 is 10.9. The molecule has 4 heteroatoms. The molecule has 0 spiro atoms. The fourth-order valence-corrected chi connectivity index (χ4v) is 5.08. The molecule has 0 radical (unpaired) electrons. The summed E-state index contributed by atoms with van der Waals surface area (Å²) in [5.41, 5.74) is 0. The Bertz CT molecular complexity index is 679. The van der Waals surface area contributed by atoms with Crippen molar-refractivity contribution in [3.05, 3.63) is 48.6 Å². The third kappa shape index (κ3) is 34.7. The third-order valence-corrected chi connectivity index (χ3v) is 7.83. The summed E-state index contributed by atoms with van der Waals surface area (Å²) in [5, 5.41) is 9.51. The van der Waals surface area contributed by atoms with Crippen LogP contribution >= 0.6 is 0 Å². The lowest BCUT2D eigenvalue weighted by Crippen LogP contribution is -2.26. The van der Waals surface area contributed by atoms with Crippen LogP contribution in [0.2, 0.25) is 0 Å². The normalized spacial score (nSPS) is 12.9. The van der Waals surface area contributed by atoms with Crippen molar-refractivity contribution >= 4 is 5.97 Å². The van der Waals surface area contributed by atoms with Gasteiger partial charge in [-0.25, -0.2) is 4.79 Å². The zero-order valence-corrected chi connectivity index (χ0v) is 28.5. The number of allylic oxidation sites excluding steroid dienone is 7. The summed E-state index contributed by atoms with van der Waals surface area (Å²) in [6.45, 7) is 5.18. The molecule has 0 aliphatic heterocycles. The first-order valence-corrected chi connectivity index (χ1v) is 18.3. The van der Waals surface area contributed by atoms with E-state index in [1.54, 1.807) is 12.2 Å². The minimum absolute atomic E-state index is 0.234. The van der Waals surface area contributed by atoms with E-state index in [1.807, 2.05) is 18.2 Å². The molecule has 1 atom stereocenters. The molecule has 0 aromatic heterocycles. The molecular weight excluding hydrogens is 532 g/mol. The number of unbranched alkanes of at least 4 members (excludes halogenated alkanes) is 22. The summed E-state index contributed by atoms with van der Waals surface area (Å²) in [5.74, 6) is -0.464. The quantitative estimate of drug-likeness (QED) is 0.0351. The second-order valence-corrected chi connectivity index (χ2v) is 12.1. The van der Waals surface area contributed by atoms with Crippen LogP contribution in [0.15, 0.2) is 48.6 Å². The van der Waals surface area contributed by atoms with Crippen molar-refractivity contribution in [1.29, 1.82) is 0 Å². The van der Waals surface area contributed by atoms with E-state index in [0.29, 0.717) is 6.61 Å².